The quantitative estimate of drug-likeness (QED) is 0.622. The topological polar surface area (TPSA) is 45.2 Å². The molecule has 1 N–H and O–H groups in total. The fraction of sp³-hybridized carbons (Fsp3) is 1.00. The highest BCUT2D eigenvalue weighted by Crippen LogP contribution is 2.08. The zero-order valence-electron chi connectivity index (χ0n) is 11.3. The molecule has 1 aliphatic heterocycles. The molecule has 1 saturated heterocycles. The van der Waals surface area contributed by atoms with Gasteiger partial charge < -0.3 is 19.5 Å². The van der Waals surface area contributed by atoms with Crippen LogP contribution in [0.25, 0.3) is 0 Å². The number of rotatable bonds is 7. The number of methoxy groups -OCH3 is 1. The van der Waals surface area contributed by atoms with Crippen molar-refractivity contribution >= 4 is 0 Å². The summed E-state index contributed by atoms with van der Waals surface area (Å²) < 4.78 is 10.2. The first-order chi connectivity index (χ1) is 8.13. The molecule has 0 aliphatic carbocycles. The Morgan fingerprint density at radius 1 is 1.35 bits per heavy atom. The van der Waals surface area contributed by atoms with E-state index in [1.165, 1.54) is 0 Å². The van der Waals surface area contributed by atoms with Crippen LogP contribution >= 0.6 is 0 Å². The maximum absolute atomic E-state index is 9.86. The molecule has 0 amide bonds. The summed E-state index contributed by atoms with van der Waals surface area (Å²) in [5, 5.41) is 9.86. The van der Waals surface area contributed by atoms with Gasteiger partial charge in [0, 0.05) is 39.3 Å². The molecule has 2 atom stereocenters. The molecule has 0 aromatic carbocycles. The van der Waals surface area contributed by atoms with Gasteiger partial charge in [0.1, 0.15) is 0 Å². The number of piperazine rings is 1. The van der Waals surface area contributed by atoms with E-state index in [-0.39, 0.29) is 0 Å². The van der Waals surface area contributed by atoms with Crippen LogP contribution in [0.2, 0.25) is 0 Å². The molecular weight excluding hydrogens is 220 g/mol. The Kier molecular flexibility index (Phi) is 6.99. The lowest BCUT2D eigenvalue weighted by Gasteiger charge is -2.39. The van der Waals surface area contributed by atoms with E-state index >= 15 is 0 Å². The van der Waals surface area contributed by atoms with Crippen LogP contribution < -0.4 is 0 Å². The SMILES string of the molecule is COCCOCC(O)CN1CCN(C)CC1C. The highest BCUT2D eigenvalue weighted by Gasteiger charge is 2.23. The monoisotopic (exact) mass is 246 g/mol. The lowest BCUT2D eigenvalue weighted by Crippen LogP contribution is -2.52. The molecule has 5 nitrogen and oxygen atoms in total. The highest BCUT2D eigenvalue weighted by molar-refractivity contribution is 4.78. The van der Waals surface area contributed by atoms with E-state index in [9.17, 15) is 5.11 Å². The van der Waals surface area contributed by atoms with Gasteiger partial charge in [0.25, 0.3) is 0 Å². The number of aliphatic hydroxyl groups excluding tert-OH is 1. The van der Waals surface area contributed by atoms with Crippen LogP contribution in [0.3, 0.4) is 0 Å². The van der Waals surface area contributed by atoms with E-state index in [0.29, 0.717) is 32.4 Å². The predicted octanol–water partition coefficient (Wildman–Crippen LogP) is -0.354. The second-order valence-corrected chi connectivity index (χ2v) is 4.83. The largest absolute Gasteiger partial charge is 0.389 e. The van der Waals surface area contributed by atoms with Crippen molar-refractivity contribution in [1.29, 1.82) is 0 Å². The fourth-order valence-electron chi connectivity index (χ4n) is 2.13. The number of hydrogen-bond acceptors (Lipinski definition) is 5. The summed E-state index contributed by atoms with van der Waals surface area (Å²) in [7, 11) is 3.78. The van der Waals surface area contributed by atoms with Gasteiger partial charge in [-0.05, 0) is 14.0 Å². The van der Waals surface area contributed by atoms with Crippen molar-refractivity contribution in [3.63, 3.8) is 0 Å². The number of nitrogens with zero attached hydrogens (tertiary/aromatic N) is 2. The maximum atomic E-state index is 9.86. The van der Waals surface area contributed by atoms with Gasteiger partial charge in [-0.25, -0.2) is 0 Å². The molecule has 1 rings (SSSR count). The Bertz CT molecular complexity index is 204. The van der Waals surface area contributed by atoms with E-state index in [2.05, 4.69) is 23.8 Å². The Balaban J connectivity index is 2.14. The summed E-state index contributed by atoms with van der Waals surface area (Å²) in [6.45, 7) is 7.58. The zero-order chi connectivity index (χ0) is 12.7. The minimum atomic E-state index is -0.405. The second-order valence-electron chi connectivity index (χ2n) is 4.83. The smallest absolute Gasteiger partial charge is 0.0900 e. The van der Waals surface area contributed by atoms with Crippen molar-refractivity contribution in [3.8, 4) is 0 Å². The summed E-state index contributed by atoms with van der Waals surface area (Å²) in [6, 6.07) is 0.502. The van der Waals surface area contributed by atoms with Gasteiger partial charge in [0.05, 0.1) is 25.9 Å². The van der Waals surface area contributed by atoms with Gasteiger partial charge >= 0.3 is 0 Å². The zero-order valence-corrected chi connectivity index (χ0v) is 11.3. The summed E-state index contributed by atoms with van der Waals surface area (Å²) >= 11 is 0. The predicted molar refractivity (Wildman–Crippen MR) is 67.2 cm³/mol. The van der Waals surface area contributed by atoms with Crippen LogP contribution in [0, 0.1) is 0 Å². The van der Waals surface area contributed by atoms with Gasteiger partial charge in [0.2, 0.25) is 0 Å². The van der Waals surface area contributed by atoms with E-state index in [1.54, 1.807) is 7.11 Å². The van der Waals surface area contributed by atoms with E-state index in [4.69, 9.17) is 9.47 Å². The third-order valence-corrected chi connectivity index (χ3v) is 3.16. The summed E-state index contributed by atoms with van der Waals surface area (Å²) in [5.41, 5.74) is 0. The Hall–Kier alpha value is -0.200. The van der Waals surface area contributed by atoms with Gasteiger partial charge in [-0.2, -0.15) is 0 Å². The number of likely N-dealkylation sites (N-methyl/N-ethyl adjacent to an activating group) is 1. The maximum Gasteiger partial charge on any atom is 0.0900 e. The van der Waals surface area contributed by atoms with Crippen molar-refractivity contribution < 1.29 is 14.6 Å². The lowest BCUT2D eigenvalue weighted by molar-refractivity contribution is -0.0148. The normalized spacial score (nSPS) is 25.1. The van der Waals surface area contributed by atoms with Gasteiger partial charge in [-0.15, -0.1) is 0 Å². The van der Waals surface area contributed by atoms with Crippen LogP contribution in [0.5, 0.6) is 0 Å². The average molecular weight is 246 g/mol. The molecule has 0 spiro atoms. The molecular formula is C12H26N2O3. The van der Waals surface area contributed by atoms with Crippen molar-refractivity contribution in [1.82, 2.24) is 9.80 Å². The molecule has 0 saturated carbocycles. The molecule has 0 aromatic rings. The summed E-state index contributed by atoms with van der Waals surface area (Å²) in [6.07, 6.45) is -0.405. The third-order valence-electron chi connectivity index (χ3n) is 3.16. The van der Waals surface area contributed by atoms with Crippen molar-refractivity contribution in [2.75, 3.05) is 60.2 Å². The first-order valence-corrected chi connectivity index (χ1v) is 6.30. The molecule has 102 valence electrons. The first kappa shape index (κ1) is 14.9. The molecule has 1 heterocycles. The highest BCUT2D eigenvalue weighted by atomic mass is 16.5. The van der Waals surface area contributed by atoms with Crippen LogP contribution in [0.4, 0.5) is 0 Å². The molecule has 2 unspecified atom stereocenters. The van der Waals surface area contributed by atoms with E-state index < -0.39 is 6.10 Å². The number of ether oxygens (including phenoxy) is 2. The average Bonchev–Trinajstić information content (AvgIpc) is 2.28. The number of β-amino-alcohol motifs (C(OH)–C–C–N with tert-alkyl or cyclic N) is 1. The minimum absolute atomic E-state index is 0.391. The van der Waals surface area contributed by atoms with Crippen LogP contribution in [0.15, 0.2) is 0 Å². The van der Waals surface area contributed by atoms with Crippen LogP contribution in [-0.4, -0.2) is 87.2 Å². The Morgan fingerprint density at radius 3 is 2.76 bits per heavy atom. The molecule has 0 radical (unpaired) electrons. The molecule has 5 heteroatoms. The van der Waals surface area contributed by atoms with Crippen molar-refractivity contribution in [3.05, 3.63) is 0 Å². The molecule has 0 bridgehead atoms. The molecule has 17 heavy (non-hydrogen) atoms. The molecule has 1 aliphatic rings. The second kappa shape index (κ2) is 8.00. The number of hydrogen-bond donors (Lipinski definition) is 1. The standard InChI is InChI=1S/C12H26N2O3/c1-11-8-13(2)4-5-14(11)9-12(15)10-17-7-6-16-3/h11-12,15H,4-10H2,1-3H3. The van der Waals surface area contributed by atoms with E-state index in [1.807, 2.05) is 0 Å². The number of aliphatic hydroxyl groups is 1. The first-order valence-electron chi connectivity index (χ1n) is 6.30. The van der Waals surface area contributed by atoms with E-state index in [0.717, 1.165) is 19.6 Å². The fourth-order valence-corrected chi connectivity index (χ4v) is 2.13. The molecule has 1 fully saturated rings. The summed E-state index contributed by atoms with van der Waals surface area (Å²) in [5.74, 6) is 0. The third kappa shape index (κ3) is 5.79. The Labute approximate surface area is 104 Å². The van der Waals surface area contributed by atoms with Crippen LogP contribution in [-0.2, 0) is 9.47 Å². The van der Waals surface area contributed by atoms with Crippen molar-refractivity contribution in [2.24, 2.45) is 0 Å². The van der Waals surface area contributed by atoms with Gasteiger partial charge in [-0.1, -0.05) is 0 Å². The van der Waals surface area contributed by atoms with Gasteiger partial charge in [0.15, 0.2) is 0 Å². The minimum Gasteiger partial charge on any atom is -0.389 e. The Morgan fingerprint density at radius 2 is 2.12 bits per heavy atom. The van der Waals surface area contributed by atoms with Gasteiger partial charge in [-0.3, -0.25) is 4.90 Å². The summed E-state index contributed by atoms with van der Waals surface area (Å²) in [4.78, 5) is 4.65. The van der Waals surface area contributed by atoms with Crippen LogP contribution in [0.1, 0.15) is 6.92 Å². The lowest BCUT2D eigenvalue weighted by atomic mass is 10.2. The van der Waals surface area contributed by atoms with Crippen molar-refractivity contribution in [2.45, 2.75) is 19.1 Å². The molecule has 0 aromatic heterocycles.